The van der Waals surface area contributed by atoms with E-state index in [9.17, 15) is 0 Å². The third-order valence-corrected chi connectivity index (χ3v) is 6.55. The number of hydrogen-bond acceptors (Lipinski definition) is 3. The molecule has 0 fully saturated rings. The predicted molar refractivity (Wildman–Crippen MR) is 148 cm³/mol. The van der Waals surface area contributed by atoms with E-state index in [2.05, 4.69) is 76.4 Å². The van der Waals surface area contributed by atoms with E-state index in [1.54, 1.807) is 6.20 Å². The molecule has 0 aliphatic rings. The summed E-state index contributed by atoms with van der Waals surface area (Å²) in [6.45, 7) is 0. The average molecular weight is 479 g/mol. The Morgan fingerprint density at radius 3 is 2.30 bits per heavy atom. The molecule has 5 nitrogen and oxygen atoms in total. The summed E-state index contributed by atoms with van der Waals surface area (Å²) in [4.78, 5) is 4.77. The van der Waals surface area contributed by atoms with Gasteiger partial charge in [0.1, 0.15) is 17.3 Å². The van der Waals surface area contributed by atoms with Gasteiger partial charge in [0.2, 0.25) is 0 Å². The van der Waals surface area contributed by atoms with Gasteiger partial charge in [-0.1, -0.05) is 54.6 Å². The van der Waals surface area contributed by atoms with Crippen LogP contribution >= 0.6 is 0 Å². The maximum atomic E-state index is 6.33. The van der Waals surface area contributed by atoms with E-state index in [1.807, 2.05) is 65.6 Å². The molecule has 0 saturated carbocycles. The Morgan fingerprint density at radius 1 is 0.568 bits per heavy atom. The maximum Gasteiger partial charge on any atom is 0.138 e. The number of benzene rings is 4. The third kappa shape index (κ3) is 3.83. The molecule has 5 heteroatoms. The quantitative estimate of drug-likeness (QED) is 0.253. The van der Waals surface area contributed by atoms with E-state index in [4.69, 9.17) is 9.72 Å². The highest BCUT2D eigenvalue weighted by Gasteiger charge is 2.15. The molecule has 4 aromatic carbocycles. The van der Waals surface area contributed by atoms with Crippen LogP contribution < -0.4 is 4.74 Å². The van der Waals surface area contributed by atoms with E-state index in [0.29, 0.717) is 0 Å². The third-order valence-electron chi connectivity index (χ3n) is 6.55. The first-order valence-corrected chi connectivity index (χ1v) is 12.2. The van der Waals surface area contributed by atoms with Crippen LogP contribution in [0.25, 0.3) is 44.4 Å². The van der Waals surface area contributed by atoms with E-state index in [0.717, 1.165) is 50.6 Å². The summed E-state index contributed by atoms with van der Waals surface area (Å²) in [7, 11) is 0. The smallest absolute Gasteiger partial charge is 0.138 e. The molecule has 3 heterocycles. The molecule has 37 heavy (non-hydrogen) atoms. The molecule has 0 atom stereocenters. The molecule has 7 aromatic rings. The van der Waals surface area contributed by atoms with Crippen molar-refractivity contribution in [3.63, 3.8) is 0 Å². The monoisotopic (exact) mass is 478 g/mol. The second kappa shape index (κ2) is 8.81. The van der Waals surface area contributed by atoms with Crippen LogP contribution in [0.4, 0.5) is 0 Å². The minimum absolute atomic E-state index is 0.749. The Morgan fingerprint density at radius 2 is 1.41 bits per heavy atom. The molecule has 176 valence electrons. The first kappa shape index (κ1) is 21.1. The molecular formula is C32H22N4O. The zero-order valence-electron chi connectivity index (χ0n) is 19.9. The Balaban J connectivity index is 1.35. The van der Waals surface area contributed by atoms with Gasteiger partial charge in [0, 0.05) is 41.5 Å². The standard InChI is InChI=1S/C32H22N4O/c1-2-8-23(9-3-1)24-16-18-33-32(20-24)36-30-13-5-4-12-28(30)29-15-14-27(22-31(29)36)37-26-11-6-10-25(21-26)35-19-7-17-34-35/h1-22H. The van der Waals surface area contributed by atoms with Crippen LogP contribution in [0.2, 0.25) is 0 Å². The summed E-state index contributed by atoms with van der Waals surface area (Å²) >= 11 is 0. The van der Waals surface area contributed by atoms with Gasteiger partial charge in [-0.2, -0.15) is 5.10 Å². The zero-order valence-corrected chi connectivity index (χ0v) is 19.9. The van der Waals surface area contributed by atoms with Gasteiger partial charge in [0.15, 0.2) is 0 Å². The van der Waals surface area contributed by atoms with Crippen molar-refractivity contribution in [2.24, 2.45) is 0 Å². The molecule has 0 radical (unpaired) electrons. The fourth-order valence-corrected chi connectivity index (χ4v) is 4.86. The predicted octanol–water partition coefficient (Wildman–Crippen LogP) is 7.82. The molecule has 3 aromatic heterocycles. The number of pyridine rings is 1. The molecule has 0 unspecified atom stereocenters. The number of para-hydroxylation sites is 1. The van der Waals surface area contributed by atoms with Crippen LogP contribution in [0.15, 0.2) is 134 Å². The number of ether oxygens (including phenoxy) is 1. The van der Waals surface area contributed by atoms with Gasteiger partial charge in [-0.25, -0.2) is 9.67 Å². The Bertz CT molecular complexity index is 1850. The maximum absolute atomic E-state index is 6.33. The normalized spacial score (nSPS) is 11.2. The summed E-state index contributed by atoms with van der Waals surface area (Å²) < 4.78 is 10.4. The molecule has 0 saturated heterocycles. The van der Waals surface area contributed by atoms with Crippen molar-refractivity contribution < 1.29 is 4.74 Å². The Kier molecular flexibility index (Phi) is 5.03. The second-order valence-corrected chi connectivity index (χ2v) is 8.85. The van der Waals surface area contributed by atoms with Crippen LogP contribution in [0, 0.1) is 0 Å². The summed E-state index contributed by atoms with van der Waals surface area (Å²) in [6.07, 6.45) is 5.56. The minimum atomic E-state index is 0.749. The van der Waals surface area contributed by atoms with Crippen LogP contribution in [-0.4, -0.2) is 19.3 Å². The minimum Gasteiger partial charge on any atom is -0.457 e. The Labute approximate surface area is 213 Å². The average Bonchev–Trinajstić information content (AvgIpc) is 3.61. The SMILES string of the molecule is c1ccc(-c2ccnc(-n3c4ccccc4c4ccc(Oc5cccc(-n6cccn6)c5)cc43)c2)cc1. The van der Waals surface area contributed by atoms with E-state index in [-0.39, 0.29) is 0 Å². The topological polar surface area (TPSA) is 44.9 Å². The van der Waals surface area contributed by atoms with Gasteiger partial charge in [-0.15, -0.1) is 0 Å². The van der Waals surface area contributed by atoms with Crippen molar-refractivity contribution in [3.05, 3.63) is 134 Å². The lowest BCUT2D eigenvalue weighted by atomic mass is 10.1. The highest BCUT2D eigenvalue weighted by atomic mass is 16.5. The first-order chi connectivity index (χ1) is 18.3. The lowest BCUT2D eigenvalue weighted by molar-refractivity contribution is 0.483. The van der Waals surface area contributed by atoms with Crippen molar-refractivity contribution in [2.45, 2.75) is 0 Å². The lowest BCUT2D eigenvalue weighted by Gasteiger charge is -2.11. The number of hydrogen-bond donors (Lipinski definition) is 0. The van der Waals surface area contributed by atoms with Crippen LogP contribution in [-0.2, 0) is 0 Å². The fraction of sp³-hybridized carbons (Fsp3) is 0. The molecule has 0 N–H and O–H groups in total. The van der Waals surface area contributed by atoms with Crippen molar-refractivity contribution in [1.29, 1.82) is 0 Å². The van der Waals surface area contributed by atoms with Gasteiger partial charge >= 0.3 is 0 Å². The molecule has 0 spiro atoms. The van der Waals surface area contributed by atoms with Gasteiger partial charge in [-0.05, 0) is 59.7 Å². The van der Waals surface area contributed by atoms with Gasteiger partial charge in [-0.3, -0.25) is 4.57 Å². The summed E-state index contributed by atoms with van der Waals surface area (Å²) in [6, 6.07) is 39.1. The van der Waals surface area contributed by atoms with E-state index >= 15 is 0 Å². The number of rotatable bonds is 5. The molecule has 0 aliphatic heterocycles. The molecule has 7 rings (SSSR count). The zero-order chi connectivity index (χ0) is 24.6. The number of nitrogens with zero attached hydrogens (tertiary/aromatic N) is 4. The highest BCUT2D eigenvalue weighted by Crippen LogP contribution is 2.35. The van der Waals surface area contributed by atoms with Crippen LogP contribution in [0.3, 0.4) is 0 Å². The number of aromatic nitrogens is 4. The van der Waals surface area contributed by atoms with Crippen molar-refractivity contribution >= 4 is 21.8 Å². The van der Waals surface area contributed by atoms with Crippen LogP contribution in [0.5, 0.6) is 11.5 Å². The largest absolute Gasteiger partial charge is 0.457 e. The van der Waals surface area contributed by atoms with Crippen molar-refractivity contribution in [1.82, 2.24) is 19.3 Å². The molecule has 0 aliphatic carbocycles. The summed E-state index contributed by atoms with van der Waals surface area (Å²) in [5.74, 6) is 2.37. The summed E-state index contributed by atoms with van der Waals surface area (Å²) in [5.41, 5.74) is 5.37. The van der Waals surface area contributed by atoms with Gasteiger partial charge < -0.3 is 4.74 Å². The first-order valence-electron chi connectivity index (χ1n) is 12.2. The van der Waals surface area contributed by atoms with Crippen LogP contribution in [0.1, 0.15) is 0 Å². The molecule has 0 bridgehead atoms. The van der Waals surface area contributed by atoms with Crippen molar-refractivity contribution in [3.8, 4) is 34.1 Å². The fourth-order valence-electron chi connectivity index (χ4n) is 4.86. The second-order valence-electron chi connectivity index (χ2n) is 8.85. The highest BCUT2D eigenvalue weighted by molar-refractivity contribution is 6.09. The summed E-state index contributed by atoms with van der Waals surface area (Å²) in [5, 5.41) is 6.66. The number of fused-ring (bicyclic) bond motifs is 3. The molecule has 0 amide bonds. The van der Waals surface area contributed by atoms with Gasteiger partial charge in [0.25, 0.3) is 0 Å². The van der Waals surface area contributed by atoms with Gasteiger partial charge in [0.05, 0.1) is 16.7 Å². The molecular weight excluding hydrogens is 456 g/mol. The lowest BCUT2D eigenvalue weighted by Crippen LogP contribution is -1.98. The van der Waals surface area contributed by atoms with E-state index in [1.165, 1.54) is 5.39 Å². The van der Waals surface area contributed by atoms with Crippen molar-refractivity contribution in [2.75, 3.05) is 0 Å². The van der Waals surface area contributed by atoms with E-state index < -0.39 is 0 Å². The Hall–Kier alpha value is -5.16.